The van der Waals surface area contributed by atoms with Gasteiger partial charge in [0.1, 0.15) is 17.3 Å². The van der Waals surface area contributed by atoms with Gasteiger partial charge in [-0.05, 0) is 61.9 Å². The van der Waals surface area contributed by atoms with Crippen LogP contribution in [-0.2, 0) is 0 Å². The Hall–Kier alpha value is -3.87. The molecule has 0 unspecified atom stereocenters. The minimum absolute atomic E-state index is 0.177. The van der Waals surface area contributed by atoms with Crippen LogP contribution in [0.3, 0.4) is 0 Å². The van der Waals surface area contributed by atoms with E-state index in [0.717, 1.165) is 57.4 Å². The van der Waals surface area contributed by atoms with Gasteiger partial charge in [0.25, 0.3) is 0 Å². The normalized spacial score (nSPS) is 14.4. The molecule has 166 valence electrons. The van der Waals surface area contributed by atoms with E-state index in [0.29, 0.717) is 17.7 Å². The maximum absolute atomic E-state index is 6.46. The van der Waals surface area contributed by atoms with Gasteiger partial charge in [-0.25, -0.2) is 4.98 Å². The number of benzene rings is 2. The number of oxazole rings is 1. The lowest BCUT2D eigenvalue weighted by Gasteiger charge is -2.15. The second-order valence-corrected chi connectivity index (χ2v) is 8.66. The smallest absolute Gasteiger partial charge is 0.232 e. The molecule has 5 aromatic rings. The molecule has 1 aliphatic carbocycles. The molecule has 7 heteroatoms. The van der Waals surface area contributed by atoms with Crippen molar-refractivity contribution in [3.8, 4) is 17.0 Å². The molecule has 1 fully saturated rings. The second-order valence-electron chi connectivity index (χ2n) is 8.66. The fourth-order valence-corrected chi connectivity index (χ4v) is 4.57. The molecule has 0 atom stereocenters. The standard InChI is InChI=1S/C26H25N5O2/c1-15-7-3-6-10-20(15)29-26-30-24-23(25(31-26)33-18-8-4-5-9-18)19(14-27-24)17-11-12-21-22(13-17)32-16(2)28-21/h3,6-7,10-14,18H,4-5,8-9H2,1-2H3,(H2,27,29,30,31). The van der Waals surface area contributed by atoms with Gasteiger partial charge in [-0.3, -0.25) is 0 Å². The molecule has 0 saturated heterocycles. The highest BCUT2D eigenvalue weighted by Gasteiger charge is 2.22. The van der Waals surface area contributed by atoms with Gasteiger partial charge >= 0.3 is 0 Å². The molecule has 0 amide bonds. The molecule has 1 saturated carbocycles. The number of para-hydroxylation sites is 1. The first-order valence-corrected chi connectivity index (χ1v) is 11.4. The summed E-state index contributed by atoms with van der Waals surface area (Å²) in [6.07, 6.45) is 6.62. The lowest BCUT2D eigenvalue weighted by Crippen LogP contribution is -2.13. The van der Waals surface area contributed by atoms with Crippen LogP contribution in [0.25, 0.3) is 33.3 Å². The zero-order valence-corrected chi connectivity index (χ0v) is 18.7. The topological polar surface area (TPSA) is 88.9 Å². The Morgan fingerprint density at radius 3 is 2.73 bits per heavy atom. The number of anilines is 2. The van der Waals surface area contributed by atoms with Gasteiger partial charge in [-0.1, -0.05) is 24.3 Å². The highest BCUT2D eigenvalue weighted by atomic mass is 16.5. The molecule has 3 heterocycles. The van der Waals surface area contributed by atoms with Crippen molar-refractivity contribution in [2.75, 3.05) is 5.32 Å². The Bertz CT molecular complexity index is 1460. The predicted octanol–water partition coefficient (Wildman–Crippen LogP) is 6.45. The SMILES string of the molecule is Cc1nc2ccc(-c3c[nH]c4nc(Nc5ccccc5C)nc(OC5CCCC5)c34)cc2o1. The molecule has 7 nitrogen and oxygen atoms in total. The Kier molecular flexibility index (Phi) is 4.75. The van der Waals surface area contributed by atoms with Crippen LogP contribution in [-0.4, -0.2) is 26.0 Å². The molecule has 3 aromatic heterocycles. The second kappa shape index (κ2) is 7.92. The number of rotatable bonds is 5. The summed E-state index contributed by atoms with van der Waals surface area (Å²) in [6, 6.07) is 14.1. The van der Waals surface area contributed by atoms with E-state index in [4.69, 9.17) is 19.1 Å². The number of ether oxygens (including phenoxy) is 1. The Morgan fingerprint density at radius 1 is 1.03 bits per heavy atom. The number of hydrogen-bond donors (Lipinski definition) is 2. The largest absolute Gasteiger partial charge is 0.474 e. The number of hydrogen-bond acceptors (Lipinski definition) is 6. The first-order chi connectivity index (χ1) is 16.1. The zero-order valence-electron chi connectivity index (χ0n) is 18.7. The van der Waals surface area contributed by atoms with E-state index >= 15 is 0 Å². The first kappa shape index (κ1) is 19.8. The maximum atomic E-state index is 6.46. The van der Waals surface area contributed by atoms with Crippen LogP contribution in [0.1, 0.15) is 37.1 Å². The van der Waals surface area contributed by atoms with Crippen molar-refractivity contribution in [3.05, 3.63) is 60.1 Å². The third kappa shape index (κ3) is 3.69. The average Bonchev–Trinajstić information content (AvgIpc) is 3.54. The fourth-order valence-electron chi connectivity index (χ4n) is 4.57. The number of H-pyrrole nitrogens is 1. The average molecular weight is 440 g/mol. The lowest BCUT2D eigenvalue weighted by atomic mass is 10.1. The maximum Gasteiger partial charge on any atom is 0.232 e. The van der Waals surface area contributed by atoms with Gasteiger partial charge in [0.05, 0.1) is 5.39 Å². The van der Waals surface area contributed by atoms with Crippen molar-refractivity contribution in [2.45, 2.75) is 45.6 Å². The van der Waals surface area contributed by atoms with Crippen LogP contribution in [0.2, 0.25) is 0 Å². The van der Waals surface area contributed by atoms with Crippen LogP contribution in [0, 0.1) is 13.8 Å². The van der Waals surface area contributed by atoms with E-state index in [-0.39, 0.29) is 6.10 Å². The van der Waals surface area contributed by atoms with E-state index in [9.17, 15) is 0 Å². The summed E-state index contributed by atoms with van der Waals surface area (Å²) in [5.74, 6) is 1.77. The Labute approximate surface area is 191 Å². The molecule has 0 bridgehead atoms. The summed E-state index contributed by atoms with van der Waals surface area (Å²) in [7, 11) is 0. The van der Waals surface area contributed by atoms with Gasteiger partial charge in [-0.15, -0.1) is 0 Å². The number of nitrogens with one attached hydrogen (secondary N) is 2. The molecule has 1 aliphatic rings. The lowest BCUT2D eigenvalue weighted by molar-refractivity contribution is 0.204. The summed E-state index contributed by atoms with van der Waals surface area (Å²) in [4.78, 5) is 17.3. The van der Waals surface area contributed by atoms with E-state index in [1.54, 1.807) is 0 Å². The van der Waals surface area contributed by atoms with Crippen LogP contribution in [0.5, 0.6) is 5.88 Å². The third-order valence-corrected chi connectivity index (χ3v) is 6.28. The van der Waals surface area contributed by atoms with E-state index in [1.807, 2.05) is 49.5 Å². The number of aromatic nitrogens is 4. The van der Waals surface area contributed by atoms with E-state index in [1.165, 1.54) is 12.8 Å². The summed E-state index contributed by atoms with van der Waals surface area (Å²) in [6.45, 7) is 3.92. The summed E-state index contributed by atoms with van der Waals surface area (Å²) < 4.78 is 12.2. The zero-order chi connectivity index (χ0) is 22.4. The van der Waals surface area contributed by atoms with Crippen LogP contribution in [0.4, 0.5) is 11.6 Å². The number of aryl methyl sites for hydroxylation is 2. The van der Waals surface area contributed by atoms with Crippen molar-refractivity contribution < 1.29 is 9.15 Å². The third-order valence-electron chi connectivity index (χ3n) is 6.28. The number of nitrogens with zero attached hydrogens (tertiary/aromatic N) is 3. The molecule has 2 N–H and O–H groups in total. The fraction of sp³-hybridized carbons (Fsp3) is 0.269. The van der Waals surface area contributed by atoms with Crippen LogP contribution < -0.4 is 10.1 Å². The molecule has 6 rings (SSSR count). The van der Waals surface area contributed by atoms with Gasteiger partial charge in [0.2, 0.25) is 11.8 Å². The molecule has 0 radical (unpaired) electrons. The van der Waals surface area contributed by atoms with Gasteiger partial charge in [-0.2, -0.15) is 9.97 Å². The van der Waals surface area contributed by atoms with Crippen molar-refractivity contribution in [1.29, 1.82) is 0 Å². The van der Waals surface area contributed by atoms with E-state index < -0.39 is 0 Å². The van der Waals surface area contributed by atoms with Crippen LogP contribution >= 0.6 is 0 Å². The van der Waals surface area contributed by atoms with Gasteiger partial charge in [0, 0.05) is 24.4 Å². The van der Waals surface area contributed by atoms with Gasteiger partial charge < -0.3 is 19.5 Å². The predicted molar refractivity (Wildman–Crippen MR) is 129 cm³/mol. The highest BCUT2D eigenvalue weighted by Crippen LogP contribution is 2.37. The highest BCUT2D eigenvalue weighted by molar-refractivity contribution is 5.99. The molecule has 0 spiro atoms. The monoisotopic (exact) mass is 439 g/mol. The van der Waals surface area contributed by atoms with Crippen LogP contribution in [0.15, 0.2) is 53.1 Å². The van der Waals surface area contributed by atoms with Crippen molar-refractivity contribution in [3.63, 3.8) is 0 Å². The van der Waals surface area contributed by atoms with E-state index in [2.05, 4.69) is 28.3 Å². The number of fused-ring (bicyclic) bond motifs is 2. The van der Waals surface area contributed by atoms with Crippen molar-refractivity contribution in [1.82, 2.24) is 19.9 Å². The molecule has 2 aromatic carbocycles. The summed E-state index contributed by atoms with van der Waals surface area (Å²) >= 11 is 0. The quantitative estimate of drug-likeness (QED) is 0.327. The van der Waals surface area contributed by atoms with Gasteiger partial charge in [0.15, 0.2) is 11.5 Å². The van der Waals surface area contributed by atoms with Crippen molar-refractivity contribution >= 4 is 33.8 Å². The van der Waals surface area contributed by atoms with Crippen molar-refractivity contribution in [2.24, 2.45) is 0 Å². The first-order valence-electron chi connectivity index (χ1n) is 11.4. The minimum atomic E-state index is 0.177. The number of aromatic amines is 1. The molecular weight excluding hydrogens is 414 g/mol. The Balaban J connectivity index is 1.47. The molecular formula is C26H25N5O2. The molecule has 33 heavy (non-hydrogen) atoms. The summed E-state index contributed by atoms with van der Waals surface area (Å²) in [5.41, 5.74) is 6.43. The molecule has 0 aliphatic heterocycles. The minimum Gasteiger partial charge on any atom is -0.474 e. The summed E-state index contributed by atoms with van der Waals surface area (Å²) in [5, 5.41) is 4.24. The Morgan fingerprint density at radius 2 is 1.88 bits per heavy atom.